The van der Waals surface area contributed by atoms with Gasteiger partial charge in [0.05, 0.1) is 19.1 Å². The predicted molar refractivity (Wildman–Crippen MR) is 110 cm³/mol. The maximum atomic E-state index is 12.6. The summed E-state index contributed by atoms with van der Waals surface area (Å²) in [6.07, 6.45) is 0.751. The third-order valence-electron chi connectivity index (χ3n) is 4.08. The molecular formula is C22H21NO8. The number of aliphatic carboxylic acids is 2. The van der Waals surface area contributed by atoms with Gasteiger partial charge in [0.25, 0.3) is 5.91 Å². The van der Waals surface area contributed by atoms with Crippen molar-refractivity contribution in [3.05, 3.63) is 71.3 Å². The molecule has 3 N–H and O–H groups in total. The van der Waals surface area contributed by atoms with Crippen LogP contribution in [-0.4, -0.2) is 47.7 Å². The zero-order valence-corrected chi connectivity index (χ0v) is 16.6. The number of carbonyl (C=O) groups excluding carboxylic acids is 2. The van der Waals surface area contributed by atoms with Gasteiger partial charge in [-0.25, -0.2) is 9.59 Å². The van der Waals surface area contributed by atoms with Gasteiger partial charge in [0, 0.05) is 18.2 Å². The molecule has 0 aliphatic carbocycles. The number of rotatable bonds is 10. The molecule has 0 bridgehead atoms. The SMILES string of the molecule is COc1ccc(C(OC(=O)c2ccc(/C=C/C(=O)O)cc2)C(=O)NCCC(=O)O)cc1. The normalized spacial score (nSPS) is 11.5. The number of hydrogen-bond donors (Lipinski definition) is 3. The summed E-state index contributed by atoms with van der Waals surface area (Å²) in [6, 6.07) is 12.3. The average molecular weight is 427 g/mol. The lowest BCUT2D eigenvalue weighted by Crippen LogP contribution is -2.33. The summed E-state index contributed by atoms with van der Waals surface area (Å²) in [5, 5.41) is 19.8. The number of amides is 1. The Hall–Kier alpha value is -4.14. The number of esters is 1. The van der Waals surface area contributed by atoms with Gasteiger partial charge in [-0.2, -0.15) is 0 Å². The molecule has 2 aromatic rings. The fourth-order valence-corrected chi connectivity index (χ4v) is 2.51. The van der Waals surface area contributed by atoms with Crippen LogP contribution in [0.2, 0.25) is 0 Å². The summed E-state index contributed by atoms with van der Waals surface area (Å²) in [6.45, 7) is -0.122. The van der Waals surface area contributed by atoms with Crippen molar-refractivity contribution in [2.45, 2.75) is 12.5 Å². The average Bonchev–Trinajstić information content (AvgIpc) is 2.76. The minimum atomic E-state index is -1.31. The molecule has 9 nitrogen and oxygen atoms in total. The fraction of sp³-hybridized carbons (Fsp3) is 0.182. The highest BCUT2D eigenvalue weighted by Crippen LogP contribution is 2.23. The van der Waals surface area contributed by atoms with E-state index in [1.165, 1.54) is 37.5 Å². The Morgan fingerprint density at radius 3 is 2.19 bits per heavy atom. The van der Waals surface area contributed by atoms with Crippen molar-refractivity contribution in [3.63, 3.8) is 0 Å². The van der Waals surface area contributed by atoms with Gasteiger partial charge >= 0.3 is 17.9 Å². The number of hydrogen-bond acceptors (Lipinski definition) is 6. The van der Waals surface area contributed by atoms with Crippen molar-refractivity contribution < 1.29 is 38.9 Å². The van der Waals surface area contributed by atoms with Crippen LogP contribution in [0.4, 0.5) is 0 Å². The van der Waals surface area contributed by atoms with Crippen LogP contribution < -0.4 is 10.1 Å². The molecule has 1 unspecified atom stereocenters. The maximum absolute atomic E-state index is 12.6. The van der Waals surface area contributed by atoms with Crippen LogP contribution in [0, 0.1) is 0 Å². The van der Waals surface area contributed by atoms with Crippen molar-refractivity contribution in [1.82, 2.24) is 5.32 Å². The fourth-order valence-electron chi connectivity index (χ4n) is 2.51. The molecule has 0 saturated carbocycles. The zero-order chi connectivity index (χ0) is 22.8. The van der Waals surface area contributed by atoms with E-state index in [2.05, 4.69) is 5.32 Å². The van der Waals surface area contributed by atoms with Gasteiger partial charge in [-0.15, -0.1) is 0 Å². The lowest BCUT2D eigenvalue weighted by atomic mass is 10.1. The summed E-state index contributed by atoms with van der Waals surface area (Å²) in [5.41, 5.74) is 1.10. The number of ether oxygens (including phenoxy) is 2. The molecule has 0 saturated heterocycles. The van der Waals surface area contributed by atoms with Crippen molar-refractivity contribution in [1.29, 1.82) is 0 Å². The second-order valence-electron chi connectivity index (χ2n) is 6.29. The summed E-state index contributed by atoms with van der Waals surface area (Å²) in [5.74, 6) is -3.07. The van der Waals surface area contributed by atoms with Crippen LogP contribution in [0.5, 0.6) is 5.75 Å². The second-order valence-corrected chi connectivity index (χ2v) is 6.29. The first kappa shape index (κ1) is 23.1. The first-order valence-electron chi connectivity index (χ1n) is 9.15. The van der Waals surface area contributed by atoms with Crippen LogP contribution in [0.3, 0.4) is 0 Å². The molecule has 0 radical (unpaired) electrons. The van der Waals surface area contributed by atoms with Crippen molar-refractivity contribution in [3.8, 4) is 5.75 Å². The largest absolute Gasteiger partial charge is 0.497 e. The number of carboxylic acids is 2. The third-order valence-corrected chi connectivity index (χ3v) is 4.08. The Kier molecular flexibility index (Phi) is 8.32. The zero-order valence-electron chi connectivity index (χ0n) is 16.6. The molecule has 0 fully saturated rings. The summed E-state index contributed by atoms with van der Waals surface area (Å²) in [7, 11) is 1.49. The minimum absolute atomic E-state index is 0.122. The van der Waals surface area contributed by atoms with E-state index in [4.69, 9.17) is 19.7 Å². The lowest BCUT2D eigenvalue weighted by Gasteiger charge is -2.18. The van der Waals surface area contributed by atoms with Crippen LogP contribution >= 0.6 is 0 Å². The Bertz CT molecular complexity index is 964. The van der Waals surface area contributed by atoms with Gasteiger partial charge in [0.15, 0.2) is 0 Å². The smallest absolute Gasteiger partial charge is 0.339 e. The van der Waals surface area contributed by atoms with Crippen molar-refractivity contribution in [2.24, 2.45) is 0 Å². The van der Waals surface area contributed by atoms with Crippen molar-refractivity contribution >= 4 is 29.9 Å². The molecule has 1 amide bonds. The summed E-state index contributed by atoms with van der Waals surface area (Å²) in [4.78, 5) is 46.4. The van der Waals surface area contributed by atoms with Crippen LogP contribution in [0.15, 0.2) is 54.6 Å². The highest BCUT2D eigenvalue weighted by atomic mass is 16.5. The van der Waals surface area contributed by atoms with Crippen molar-refractivity contribution in [2.75, 3.05) is 13.7 Å². The molecule has 0 aliphatic rings. The van der Waals surface area contributed by atoms with E-state index in [0.717, 1.165) is 6.08 Å². The molecule has 1 atom stereocenters. The molecule has 2 rings (SSSR count). The molecule has 0 aliphatic heterocycles. The van der Waals surface area contributed by atoms with E-state index >= 15 is 0 Å². The quantitative estimate of drug-likeness (QED) is 0.388. The first-order chi connectivity index (χ1) is 14.8. The molecule has 0 aromatic heterocycles. The number of methoxy groups -OCH3 is 1. The topological polar surface area (TPSA) is 139 Å². The minimum Gasteiger partial charge on any atom is -0.497 e. The molecule has 2 aromatic carbocycles. The highest BCUT2D eigenvalue weighted by Gasteiger charge is 2.25. The van der Waals surface area contributed by atoms with E-state index in [-0.39, 0.29) is 18.5 Å². The Balaban J connectivity index is 2.18. The van der Waals surface area contributed by atoms with Gasteiger partial charge in [0.2, 0.25) is 6.10 Å². The van der Waals surface area contributed by atoms with Gasteiger partial charge in [-0.05, 0) is 35.9 Å². The monoisotopic (exact) mass is 427 g/mol. The number of carbonyl (C=O) groups is 4. The lowest BCUT2D eigenvalue weighted by molar-refractivity contribution is -0.137. The molecule has 9 heteroatoms. The van der Waals surface area contributed by atoms with Crippen LogP contribution in [0.25, 0.3) is 6.08 Å². The summed E-state index contributed by atoms with van der Waals surface area (Å²) >= 11 is 0. The first-order valence-corrected chi connectivity index (χ1v) is 9.15. The van der Waals surface area contributed by atoms with Gasteiger partial charge in [0.1, 0.15) is 5.75 Å². The molecule has 0 heterocycles. The number of nitrogens with one attached hydrogen (secondary N) is 1. The van der Waals surface area contributed by atoms with E-state index < -0.39 is 29.9 Å². The number of benzene rings is 2. The van der Waals surface area contributed by atoms with E-state index in [1.807, 2.05) is 0 Å². The molecular weight excluding hydrogens is 406 g/mol. The molecule has 31 heavy (non-hydrogen) atoms. The summed E-state index contributed by atoms with van der Waals surface area (Å²) < 4.78 is 10.5. The highest BCUT2D eigenvalue weighted by molar-refractivity contribution is 5.93. The van der Waals surface area contributed by atoms with E-state index in [0.29, 0.717) is 16.9 Å². The standard InChI is InChI=1S/C22H21NO8/c1-30-17-9-7-15(8-10-17)20(21(28)23-13-12-19(26)27)31-22(29)16-5-2-14(3-6-16)4-11-18(24)25/h2-11,20H,12-13H2,1H3,(H,23,28)(H,24,25)(H,26,27)/b11-4+. The van der Waals surface area contributed by atoms with Crippen LogP contribution in [0.1, 0.15) is 34.0 Å². The van der Waals surface area contributed by atoms with E-state index in [9.17, 15) is 19.2 Å². The number of carboxylic acid groups (broad SMARTS) is 2. The Labute approximate surface area is 177 Å². The van der Waals surface area contributed by atoms with Gasteiger partial charge in [-0.1, -0.05) is 24.3 Å². The molecule has 0 spiro atoms. The van der Waals surface area contributed by atoms with E-state index in [1.54, 1.807) is 24.3 Å². The maximum Gasteiger partial charge on any atom is 0.339 e. The van der Waals surface area contributed by atoms with Gasteiger partial charge < -0.3 is 25.0 Å². The second kappa shape index (κ2) is 11.1. The Morgan fingerprint density at radius 2 is 1.65 bits per heavy atom. The van der Waals surface area contributed by atoms with Gasteiger partial charge in [-0.3, -0.25) is 9.59 Å². The third kappa shape index (κ3) is 7.32. The predicted octanol–water partition coefficient (Wildman–Crippen LogP) is 2.28. The molecule has 162 valence electrons. The van der Waals surface area contributed by atoms with Crippen LogP contribution in [-0.2, 0) is 19.1 Å². The Morgan fingerprint density at radius 1 is 1.00 bits per heavy atom.